The molecule has 0 saturated carbocycles. The minimum absolute atomic E-state index is 0.0231. The average molecular weight is 182 g/mol. The van der Waals surface area contributed by atoms with E-state index in [-0.39, 0.29) is 6.10 Å². The molecule has 0 bridgehead atoms. The van der Waals surface area contributed by atoms with Gasteiger partial charge in [0, 0.05) is 6.61 Å². The van der Waals surface area contributed by atoms with Crippen LogP contribution in [-0.4, -0.2) is 11.8 Å². The second-order valence-electron chi connectivity index (χ2n) is 3.40. The summed E-state index contributed by atoms with van der Waals surface area (Å²) in [6, 6.07) is 0. The summed E-state index contributed by atoms with van der Waals surface area (Å²) < 4.78 is 10.7. The van der Waals surface area contributed by atoms with Crippen molar-refractivity contribution in [1.82, 2.24) is 5.16 Å². The van der Waals surface area contributed by atoms with Gasteiger partial charge in [-0.15, -0.1) is 0 Å². The molecule has 0 aliphatic carbocycles. The van der Waals surface area contributed by atoms with Crippen molar-refractivity contribution in [3.8, 4) is 0 Å². The molecule has 0 amide bonds. The van der Waals surface area contributed by atoms with Gasteiger partial charge in [-0.3, -0.25) is 0 Å². The van der Waals surface area contributed by atoms with Crippen molar-refractivity contribution in [1.29, 1.82) is 0 Å². The molecular formula is C9H14N2O2. The van der Waals surface area contributed by atoms with E-state index in [1.54, 1.807) is 0 Å². The van der Waals surface area contributed by atoms with Crippen molar-refractivity contribution in [2.24, 2.45) is 0 Å². The van der Waals surface area contributed by atoms with E-state index in [2.05, 4.69) is 5.16 Å². The van der Waals surface area contributed by atoms with Gasteiger partial charge in [0.1, 0.15) is 17.5 Å². The predicted molar refractivity (Wildman–Crippen MR) is 48.2 cm³/mol. The second-order valence-corrected chi connectivity index (χ2v) is 3.40. The normalized spacial score (nSPS) is 23.3. The van der Waals surface area contributed by atoms with Gasteiger partial charge in [0.15, 0.2) is 5.76 Å². The Balaban J connectivity index is 2.18. The number of hydrogen-bond acceptors (Lipinski definition) is 4. The fourth-order valence-electron chi connectivity index (χ4n) is 1.57. The monoisotopic (exact) mass is 182 g/mol. The zero-order valence-corrected chi connectivity index (χ0v) is 7.75. The van der Waals surface area contributed by atoms with Crippen LogP contribution in [0, 0.1) is 6.92 Å². The zero-order valence-electron chi connectivity index (χ0n) is 7.75. The Morgan fingerprint density at radius 2 is 2.31 bits per heavy atom. The molecule has 1 aromatic heterocycles. The molecule has 4 heteroatoms. The van der Waals surface area contributed by atoms with Crippen LogP contribution >= 0.6 is 0 Å². The second kappa shape index (κ2) is 3.38. The van der Waals surface area contributed by atoms with Gasteiger partial charge in [-0.1, -0.05) is 5.16 Å². The van der Waals surface area contributed by atoms with E-state index in [4.69, 9.17) is 15.0 Å². The number of hydrogen-bond donors (Lipinski definition) is 1. The predicted octanol–water partition coefficient (Wildman–Crippen LogP) is 1.81. The van der Waals surface area contributed by atoms with E-state index in [0.29, 0.717) is 11.4 Å². The van der Waals surface area contributed by atoms with Gasteiger partial charge in [-0.25, -0.2) is 0 Å². The summed E-state index contributed by atoms with van der Waals surface area (Å²) in [5.41, 5.74) is 7.20. The maximum atomic E-state index is 5.80. The largest absolute Gasteiger partial charge is 0.394 e. The molecule has 1 unspecified atom stereocenters. The number of nitrogens with two attached hydrogens (primary N) is 1. The molecule has 0 radical (unpaired) electrons. The van der Waals surface area contributed by atoms with Crippen LogP contribution in [0.2, 0.25) is 0 Å². The zero-order chi connectivity index (χ0) is 9.26. The van der Waals surface area contributed by atoms with Crippen LogP contribution in [0.5, 0.6) is 0 Å². The molecule has 1 fully saturated rings. The van der Waals surface area contributed by atoms with E-state index in [9.17, 15) is 0 Å². The molecular weight excluding hydrogens is 168 g/mol. The van der Waals surface area contributed by atoms with E-state index in [0.717, 1.165) is 25.1 Å². The minimum Gasteiger partial charge on any atom is -0.394 e. The Kier molecular flexibility index (Phi) is 2.22. The Morgan fingerprint density at radius 1 is 1.46 bits per heavy atom. The molecule has 13 heavy (non-hydrogen) atoms. The Labute approximate surface area is 77.0 Å². The van der Waals surface area contributed by atoms with Gasteiger partial charge in [0.05, 0.1) is 0 Å². The summed E-state index contributed by atoms with van der Waals surface area (Å²) in [6.07, 6.45) is 3.31. The van der Waals surface area contributed by atoms with Crippen molar-refractivity contribution < 1.29 is 9.26 Å². The van der Waals surface area contributed by atoms with Crippen molar-refractivity contribution >= 4 is 5.69 Å². The maximum absolute atomic E-state index is 5.80. The Hall–Kier alpha value is -1.03. The van der Waals surface area contributed by atoms with Crippen LogP contribution in [-0.2, 0) is 4.74 Å². The number of aromatic nitrogens is 1. The van der Waals surface area contributed by atoms with E-state index in [1.165, 1.54) is 6.42 Å². The highest BCUT2D eigenvalue weighted by Gasteiger charge is 2.23. The third-order valence-corrected chi connectivity index (χ3v) is 2.41. The van der Waals surface area contributed by atoms with Crippen molar-refractivity contribution in [2.75, 3.05) is 12.3 Å². The first-order valence-electron chi connectivity index (χ1n) is 4.62. The first-order chi connectivity index (χ1) is 6.29. The Morgan fingerprint density at radius 3 is 2.85 bits per heavy atom. The highest BCUT2D eigenvalue weighted by atomic mass is 16.5. The fraction of sp³-hybridized carbons (Fsp3) is 0.667. The van der Waals surface area contributed by atoms with E-state index >= 15 is 0 Å². The molecule has 2 heterocycles. The lowest BCUT2D eigenvalue weighted by atomic mass is 10.1. The third-order valence-electron chi connectivity index (χ3n) is 2.41. The molecule has 1 aliphatic rings. The number of anilines is 1. The molecule has 4 nitrogen and oxygen atoms in total. The van der Waals surface area contributed by atoms with Gasteiger partial charge < -0.3 is 15.0 Å². The van der Waals surface area contributed by atoms with Gasteiger partial charge in [0.25, 0.3) is 0 Å². The summed E-state index contributed by atoms with van der Waals surface area (Å²) in [5, 5.41) is 3.81. The van der Waals surface area contributed by atoms with Crippen LogP contribution in [0.4, 0.5) is 5.69 Å². The lowest BCUT2D eigenvalue weighted by molar-refractivity contribution is -0.000815. The van der Waals surface area contributed by atoms with Crippen molar-refractivity contribution in [3.05, 3.63) is 11.5 Å². The number of rotatable bonds is 1. The highest BCUT2D eigenvalue weighted by molar-refractivity contribution is 5.46. The first-order valence-corrected chi connectivity index (χ1v) is 4.62. The summed E-state index contributed by atoms with van der Waals surface area (Å²) in [4.78, 5) is 0. The van der Waals surface area contributed by atoms with Crippen LogP contribution in [0.3, 0.4) is 0 Å². The first kappa shape index (κ1) is 8.56. The average Bonchev–Trinajstić information content (AvgIpc) is 2.49. The number of aryl methyl sites for hydroxylation is 1. The quantitative estimate of drug-likeness (QED) is 0.719. The fourth-order valence-corrected chi connectivity index (χ4v) is 1.57. The number of nitrogens with zero attached hydrogens (tertiary/aromatic N) is 1. The molecule has 1 aliphatic heterocycles. The Bertz CT molecular complexity index is 290. The summed E-state index contributed by atoms with van der Waals surface area (Å²) in [5.74, 6) is 0.706. The number of ether oxygens (including phenoxy) is 1. The van der Waals surface area contributed by atoms with Crippen molar-refractivity contribution in [3.63, 3.8) is 0 Å². The maximum Gasteiger partial charge on any atom is 0.188 e. The lowest BCUT2D eigenvalue weighted by Gasteiger charge is -2.20. The van der Waals surface area contributed by atoms with Gasteiger partial charge in [-0.05, 0) is 26.2 Å². The summed E-state index contributed by atoms with van der Waals surface area (Å²) in [7, 11) is 0. The van der Waals surface area contributed by atoms with Crippen LogP contribution in [0.1, 0.15) is 36.8 Å². The number of nitrogen functional groups attached to an aromatic ring is 1. The summed E-state index contributed by atoms with van der Waals surface area (Å²) >= 11 is 0. The summed E-state index contributed by atoms with van der Waals surface area (Å²) in [6.45, 7) is 2.63. The molecule has 2 N–H and O–H groups in total. The van der Waals surface area contributed by atoms with Gasteiger partial charge >= 0.3 is 0 Å². The van der Waals surface area contributed by atoms with Crippen LogP contribution < -0.4 is 5.73 Å². The SMILES string of the molecule is Cc1noc(C2CCCCO2)c1N. The smallest absolute Gasteiger partial charge is 0.188 e. The minimum atomic E-state index is 0.0231. The van der Waals surface area contributed by atoms with Crippen LogP contribution in [0.25, 0.3) is 0 Å². The van der Waals surface area contributed by atoms with Crippen LogP contribution in [0.15, 0.2) is 4.52 Å². The molecule has 0 spiro atoms. The third kappa shape index (κ3) is 1.54. The van der Waals surface area contributed by atoms with Gasteiger partial charge in [-0.2, -0.15) is 0 Å². The van der Waals surface area contributed by atoms with Crippen molar-refractivity contribution in [2.45, 2.75) is 32.3 Å². The standard InChI is InChI=1S/C9H14N2O2/c1-6-8(10)9(13-11-6)7-4-2-3-5-12-7/h7H,2-5,10H2,1H3. The van der Waals surface area contributed by atoms with E-state index < -0.39 is 0 Å². The molecule has 1 aromatic rings. The highest BCUT2D eigenvalue weighted by Crippen LogP contribution is 2.32. The molecule has 72 valence electrons. The topological polar surface area (TPSA) is 61.3 Å². The molecule has 2 rings (SSSR count). The lowest BCUT2D eigenvalue weighted by Crippen LogP contribution is -2.12. The van der Waals surface area contributed by atoms with Gasteiger partial charge in [0.2, 0.25) is 0 Å². The molecule has 0 aromatic carbocycles. The molecule has 1 saturated heterocycles. The molecule has 1 atom stereocenters. The van der Waals surface area contributed by atoms with E-state index in [1.807, 2.05) is 6.92 Å².